The van der Waals surface area contributed by atoms with Gasteiger partial charge in [-0.1, -0.05) is 59.4 Å². The molecule has 0 bridgehead atoms. The summed E-state index contributed by atoms with van der Waals surface area (Å²) in [5.74, 6) is -0.301. The summed E-state index contributed by atoms with van der Waals surface area (Å²) >= 11 is 11.8. The number of hydrogen-bond acceptors (Lipinski definition) is 5. The molecule has 0 saturated heterocycles. The minimum Gasteiger partial charge on any atom is -0.406 e. The maximum absolute atomic E-state index is 12.4. The van der Waals surface area contributed by atoms with Crippen LogP contribution < -0.4 is 4.74 Å². The highest BCUT2D eigenvalue weighted by Crippen LogP contribution is 2.28. The normalized spacial score (nSPS) is 12.0. The van der Waals surface area contributed by atoms with E-state index < -0.39 is 6.36 Å². The van der Waals surface area contributed by atoms with Gasteiger partial charge in [0, 0.05) is 27.9 Å². The monoisotopic (exact) mass is 552 g/mol. The fourth-order valence-corrected chi connectivity index (χ4v) is 4.70. The van der Waals surface area contributed by atoms with Crippen molar-refractivity contribution in [2.24, 2.45) is 4.99 Å². The van der Waals surface area contributed by atoms with Crippen molar-refractivity contribution in [3.63, 3.8) is 0 Å². The highest BCUT2D eigenvalue weighted by molar-refractivity contribution is 7.80. The zero-order chi connectivity index (χ0) is 26.9. The quantitative estimate of drug-likeness (QED) is 0.155. The highest BCUT2D eigenvalue weighted by atomic mass is 35.5. The molecule has 0 fully saturated rings. The van der Waals surface area contributed by atoms with E-state index in [4.69, 9.17) is 23.8 Å². The van der Waals surface area contributed by atoms with Gasteiger partial charge in [0.1, 0.15) is 11.3 Å². The molecule has 0 radical (unpaired) electrons. The Hall–Kier alpha value is -3.82. The Morgan fingerprint density at radius 3 is 2.61 bits per heavy atom. The van der Waals surface area contributed by atoms with Crippen molar-refractivity contribution in [2.45, 2.75) is 19.7 Å². The minimum atomic E-state index is -4.74. The van der Waals surface area contributed by atoms with Gasteiger partial charge in [0.2, 0.25) is 0 Å². The first-order valence-electron chi connectivity index (χ1n) is 11.6. The van der Waals surface area contributed by atoms with Crippen LogP contribution in [0.1, 0.15) is 16.7 Å². The number of alkyl halides is 3. The largest absolute Gasteiger partial charge is 0.573 e. The van der Waals surface area contributed by atoms with Crippen LogP contribution in [0, 0.1) is 6.92 Å². The number of aliphatic imine (C=N–C) groups is 1. The molecular formula is C28H20ClF3N4OS. The Kier molecular flexibility index (Phi) is 7.14. The lowest BCUT2D eigenvalue weighted by atomic mass is 10.0. The number of halogens is 4. The number of rotatable bonds is 7. The Morgan fingerprint density at radius 1 is 1.08 bits per heavy atom. The maximum Gasteiger partial charge on any atom is 0.573 e. The van der Waals surface area contributed by atoms with Crippen LogP contribution in [0.3, 0.4) is 0 Å². The van der Waals surface area contributed by atoms with E-state index in [0.29, 0.717) is 29.2 Å². The molecule has 0 unspecified atom stereocenters. The molecule has 38 heavy (non-hydrogen) atoms. The molecule has 1 aromatic heterocycles. The van der Waals surface area contributed by atoms with Crippen LogP contribution in [0.2, 0.25) is 5.02 Å². The van der Waals surface area contributed by atoms with Crippen molar-refractivity contribution in [3.05, 3.63) is 94.5 Å². The summed E-state index contributed by atoms with van der Waals surface area (Å²) in [5.41, 5.74) is 5.02. The highest BCUT2D eigenvalue weighted by Gasteiger charge is 2.31. The van der Waals surface area contributed by atoms with Crippen LogP contribution in [-0.4, -0.2) is 39.0 Å². The number of hydrogen-bond donors (Lipinski definition) is 0. The summed E-state index contributed by atoms with van der Waals surface area (Å²) in [6.07, 6.45) is -2.36. The van der Waals surface area contributed by atoms with E-state index in [1.165, 1.54) is 24.3 Å². The van der Waals surface area contributed by atoms with Gasteiger partial charge in [0.05, 0.1) is 17.7 Å². The Balaban J connectivity index is 1.32. The third kappa shape index (κ3) is 5.69. The fourth-order valence-electron chi connectivity index (χ4n) is 4.19. The van der Waals surface area contributed by atoms with Crippen molar-refractivity contribution >= 4 is 56.7 Å². The molecule has 0 aliphatic carbocycles. The molecule has 0 aliphatic rings. The average Bonchev–Trinajstić information content (AvgIpc) is 3.30. The Morgan fingerprint density at radius 2 is 1.87 bits per heavy atom. The third-order valence-corrected chi connectivity index (χ3v) is 6.63. The number of aryl methyl sites for hydroxylation is 1. The minimum absolute atomic E-state index is 0.301. The number of benzene rings is 4. The van der Waals surface area contributed by atoms with Gasteiger partial charge in [-0.05, 0) is 71.5 Å². The van der Waals surface area contributed by atoms with E-state index in [-0.39, 0.29) is 5.75 Å². The standard InChI is InChI=1S/C28H20ClF3N4OS/c1-17-3-2-4-25(29)24(17)14-22(38)16-33-15-18-5-11-23-19(13-18)6-12-26-27(23)34-35-36(26)20-7-9-21(10-8-20)37-28(30,31)32/h2-13,15H,14,16H2,1H3. The summed E-state index contributed by atoms with van der Waals surface area (Å²) in [6.45, 7) is 2.43. The molecule has 0 atom stereocenters. The molecule has 10 heteroatoms. The smallest absolute Gasteiger partial charge is 0.406 e. The predicted molar refractivity (Wildman–Crippen MR) is 148 cm³/mol. The van der Waals surface area contributed by atoms with Crippen LogP contribution in [0.25, 0.3) is 27.5 Å². The molecule has 5 aromatic rings. The summed E-state index contributed by atoms with van der Waals surface area (Å²) in [4.78, 5) is 5.32. The number of thiocarbonyl (C=S) groups is 1. The molecule has 5 nitrogen and oxygen atoms in total. The first-order valence-corrected chi connectivity index (χ1v) is 12.4. The van der Waals surface area contributed by atoms with Gasteiger partial charge in [-0.15, -0.1) is 18.3 Å². The first-order chi connectivity index (χ1) is 18.2. The zero-order valence-corrected chi connectivity index (χ0v) is 21.6. The van der Waals surface area contributed by atoms with Crippen molar-refractivity contribution in [3.8, 4) is 11.4 Å². The van der Waals surface area contributed by atoms with Crippen LogP contribution in [0.5, 0.6) is 5.75 Å². The van der Waals surface area contributed by atoms with Crippen LogP contribution in [0.4, 0.5) is 13.2 Å². The van der Waals surface area contributed by atoms with Crippen molar-refractivity contribution in [2.75, 3.05) is 6.54 Å². The SMILES string of the molecule is Cc1cccc(Cl)c1CC(=S)CN=Cc1ccc2c(ccc3c2nnn3-c2ccc(OC(F)(F)F)cc2)c1. The first kappa shape index (κ1) is 25.8. The molecule has 0 spiro atoms. The lowest BCUT2D eigenvalue weighted by Crippen LogP contribution is -2.17. The van der Waals surface area contributed by atoms with Crippen molar-refractivity contribution < 1.29 is 17.9 Å². The van der Waals surface area contributed by atoms with Gasteiger partial charge in [0.25, 0.3) is 0 Å². The summed E-state index contributed by atoms with van der Waals surface area (Å²) in [5, 5.41) is 11.1. The van der Waals surface area contributed by atoms with Gasteiger partial charge >= 0.3 is 6.36 Å². The second-order valence-corrected chi connectivity index (χ2v) is 9.66. The molecule has 0 N–H and O–H groups in total. The molecule has 192 valence electrons. The average molecular weight is 553 g/mol. The lowest BCUT2D eigenvalue weighted by molar-refractivity contribution is -0.274. The maximum atomic E-state index is 12.4. The number of fused-ring (bicyclic) bond motifs is 3. The van der Waals surface area contributed by atoms with E-state index in [2.05, 4.69) is 20.0 Å². The topological polar surface area (TPSA) is 52.3 Å². The van der Waals surface area contributed by atoms with E-state index in [1.54, 1.807) is 10.9 Å². The van der Waals surface area contributed by atoms with Gasteiger partial charge in [-0.25, -0.2) is 4.68 Å². The summed E-state index contributed by atoms with van der Waals surface area (Å²) in [7, 11) is 0. The molecule has 0 aliphatic heterocycles. The number of ether oxygens (including phenoxy) is 1. The van der Waals surface area contributed by atoms with Crippen molar-refractivity contribution in [1.29, 1.82) is 0 Å². The van der Waals surface area contributed by atoms with Crippen LogP contribution >= 0.6 is 23.8 Å². The summed E-state index contributed by atoms with van der Waals surface area (Å²) in [6, 6.07) is 21.0. The van der Waals surface area contributed by atoms with E-state index >= 15 is 0 Å². The molecule has 1 heterocycles. The Labute approximate surface area is 226 Å². The van der Waals surface area contributed by atoms with Gasteiger partial charge in [0.15, 0.2) is 0 Å². The number of aromatic nitrogens is 3. The lowest BCUT2D eigenvalue weighted by Gasteiger charge is -2.09. The second-order valence-electron chi connectivity index (χ2n) is 8.68. The molecular weight excluding hydrogens is 533 g/mol. The van der Waals surface area contributed by atoms with Gasteiger partial charge < -0.3 is 4.74 Å². The fraction of sp³-hybridized carbons (Fsp3) is 0.143. The molecule has 4 aromatic carbocycles. The van der Waals surface area contributed by atoms with Gasteiger partial charge in [-0.3, -0.25) is 4.99 Å². The molecule has 5 rings (SSSR count). The molecule has 0 saturated carbocycles. The van der Waals surface area contributed by atoms with Crippen LogP contribution in [-0.2, 0) is 6.42 Å². The third-order valence-electron chi connectivity index (χ3n) is 6.01. The zero-order valence-electron chi connectivity index (χ0n) is 20.0. The van der Waals surface area contributed by atoms with E-state index in [0.717, 1.165) is 37.8 Å². The van der Waals surface area contributed by atoms with Crippen LogP contribution in [0.15, 0.2) is 77.8 Å². The van der Waals surface area contributed by atoms with Gasteiger partial charge in [-0.2, -0.15) is 0 Å². The van der Waals surface area contributed by atoms with Crippen molar-refractivity contribution in [1.82, 2.24) is 15.0 Å². The van der Waals surface area contributed by atoms with E-state index in [1.807, 2.05) is 55.5 Å². The molecule has 0 amide bonds. The van der Waals surface area contributed by atoms with E-state index in [9.17, 15) is 13.2 Å². The predicted octanol–water partition coefficient (Wildman–Crippen LogP) is 7.47. The Bertz CT molecular complexity index is 1660. The second kappa shape index (κ2) is 10.5. The number of nitrogens with zero attached hydrogens (tertiary/aromatic N) is 4. The summed E-state index contributed by atoms with van der Waals surface area (Å²) < 4.78 is 42.8.